The lowest BCUT2D eigenvalue weighted by molar-refractivity contribution is 0.129. The van der Waals surface area contributed by atoms with Gasteiger partial charge in [-0.2, -0.15) is 0 Å². The average Bonchev–Trinajstić information content (AvgIpc) is 3.37. The Labute approximate surface area is 170 Å². The topological polar surface area (TPSA) is 51.8 Å². The molecule has 6 heteroatoms. The molecule has 3 aliphatic carbocycles. The third-order valence-corrected chi connectivity index (χ3v) is 8.42. The van der Waals surface area contributed by atoms with Gasteiger partial charge in [-0.1, -0.05) is 28.1 Å². The van der Waals surface area contributed by atoms with Crippen LogP contribution in [0, 0.1) is 17.8 Å². The van der Waals surface area contributed by atoms with Crippen LogP contribution in [0.4, 0.5) is 0 Å². The van der Waals surface area contributed by atoms with E-state index in [1.165, 1.54) is 38.5 Å². The summed E-state index contributed by atoms with van der Waals surface area (Å²) >= 11 is 5.10. The second-order valence-corrected chi connectivity index (χ2v) is 10.3. The van der Waals surface area contributed by atoms with E-state index in [9.17, 15) is 0 Å². The van der Waals surface area contributed by atoms with Crippen LogP contribution in [0.25, 0.3) is 22.2 Å². The fraction of sp³-hybridized carbons (Fsp3) is 0.476. The first-order valence-corrected chi connectivity index (χ1v) is 11.4. The van der Waals surface area contributed by atoms with E-state index in [1.54, 1.807) is 11.3 Å². The van der Waals surface area contributed by atoms with Crippen molar-refractivity contribution in [3.8, 4) is 22.2 Å². The van der Waals surface area contributed by atoms with E-state index in [0.29, 0.717) is 5.89 Å². The minimum absolute atomic E-state index is 0.146. The lowest BCUT2D eigenvalue weighted by Gasteiger charge is -2.40. The predicted molar refractivity (Wildman–Crippen MR) is 108 cm³/mol. The summed E-state index contributed by atoms with van der Waals surface area (Å²) in [5.41, 5.74) is 2.05. The summed E-state index contributed by atoms with van der Waals surface area (Å²) in [6.07, 6.45) is 7.94. The van der Waals surface area contributed by atoms with Crippen LogP contribution in [0.2, 0.25) is 0 Å². The average molecular weight is 442 g/mol. The molecule has 3 bridgehead atoms. The summed E-state index contributed by atoms with van der Waals surface area (Å²) in [7, 11) is 0. The lowest BCUT2D eigenvalue weighted by Crippen LogP contribution is -2.36. The molecule has 2 heterocycles. The van der Waals surface area contributed by atoms with E-state index in [2.05, 4.69) is 38.3 Å². The molecule has 1 aromatic carbocycles. The van der Waals surface area contributed by atoms with E-state index < -0.39 is 0 Å². The van der Waals surface area contributed by atoms with Crippen LogP contribution in [0.15, 0.2) is 38.5 Å². The summed E-state index contributed by atoms with van der Waals surface area (Å²) in [6, 6.07) is 8.22. The molecule has 0 aliphatic heterocycles. The molecular formula is C21H20BrN3OS. The Kier molecular flexibility index (Phi) is 3.64. The molecule has 6 rings (SSSR count). The highest BCUT2D eigenvalue weighted by Gasteiger charge is 2.57. The molecule has 0 amide bonds. The molecule has 138 valence electrons. The Morgan fingerprint density at radius 1 is 1.07 bits per heavy atom. The highest BCUT2D eigenvalue weighted by molar-refractivity contribution is 9.10. The van der Waals surface area contributed by atoms with Crippen molar-refractivity contribution in [2.75, 3.05) is 0 Å². The summed E-state index contributed by atoms with van der Waals surface area (Å²) in [4.78, 5) is 4.75. The third-order valence-electron chi connectivity index (χ3n) is 7.00. The first-order chi connectivity index (χ1) is 13.2. The molecule has 0 radical (unpaired) electrons. The number of benzene rings is 1. The summed E-state index contributed by atoms with van der Waals surface area (Å²) in [5.74, 6) is 4.01. The van der Waals surface area contributed by atoms with Crippen molar-refractivity contribution in [3.05, 3.63) is 40.0 Å². The monoisotopic (exact) mass is 441 g/mol. The Morgan fingerprint density at radius 3 is 2.81 bits per heavy atom. The van der Waals surface area contributed by atoms with Gasteiger partial charge in [0.25, 0.3) is 5.89 Å². The van der Waals surface area contributed by atoms with Crippen LogP contribution < -0.4 is 0 Å². The van der Waals surface area contributed by atoms with E-state index in [-0.39, 0.29) is 5.41 Å². The molecule has 27 heavy (non-hydrogen) atoms. The molecule has 3 aromatic rings. The van der Waals surface area contributed by atoms with Gasteiger partial charge in [0.15, 0.2) is 0 Å². The van der Waals surface area contributed by atoms with Gasteiger partial charge in [0, 0.05) is 15.4 Å². The van der Waals surface area contributed by atoms with Crippen molar-refractivity contribution in [2.24, 2.45) is 17.8 Å². The second-order valence-electron chi connectivity index (χ2n) is 8.49. The summed E-state index contributed by atoms with van der Waals surface area (Å²) in [6.45, 7) is 0. The van der Waals surface area contributed by atoms with Gasteiger partial charge in [-0.15, -0.1) is 21.5 Å². The van der Waals surface area contributed by atoms with Gasteiger partial charge in [0.2, 0.25) is 5.89 Å². The van der Waals surface area contributed by atoms with Crippen molar-refractivity contribution < 1.29 is 4.42 Å². The van der Waals surface area contributed by atoms with Crippen LogP contribution in [0.3, 0.4) is 0 Å². The fourth-order valence-corrected chi connectivity index (χ4v) is 6.93. The number of fused-ring (bicyclic) bond motifs is 2. The van der Waals surface area contributed by atoms with Crippen molar-refractivity contribution in [1.29, 1.82) is 0 Å². The molecule has 3 fully saturated rings. The first kappa shape index (κ1) is 16.4. The Bertz CT molecular complexity index is 997. The van der Waals surface area contributed by atoms with Gasteiger partial charge in [0.1, 0.15) is 10.7 Å². The summed E-state index contributed by atoms with van der Waals surface area (Å²) in [5, 5.41) is 11.9. The highest BCUT2D eigenvalue weighted by atomic mass is 79.9. The Balaban J connectivity index is 1.32. The van der Waals surface area contributed by atoms with Gasteiger partial charge >= 0.3 is 0 Å². The highest BCUT2D eigenvalue weighted by Crippen LogP contribution is 2.62. The number of hydrogen-bond acceptors (Lipinski definition) is 5. The van der Waals surface area contributed by atoms with E-state index in [4.69, 9.17) is 9.40 Å². The standard InChI is InChI=1S/C21H20BrN3OS/c22-16-3-1-14(2-4-16)19-23-17(11-27-19)18-24-25-20(26-18)21-6-5-12-7-13(10-21)9-15(21)8-12/h1-4,11-13,15H,5-10H2. The molecule has 4 unspecified atom stereocenters. The van der Waals surface area contributed by atoms with Crippen LogP contribution >= 0.6 is 27.3 Å². The van der Waals surface area contributed by atoms with Crippen LogP contribution in [-0.4, -0.2) is 15.2 Å². The van der Waals surface area contributed by atoms with Crippen LogP contribution in [0.5, 0.6) is 0 Å². The van der Waals surface area contributed by atoms with Gasteiger partial charge < -0.3 is 4.42 Å². The maximum atomic E-state index is 6.26. The fourth-order valence-electron chi connectivity index (χ4n) is 5.86. The smallest absolute Gasteiger partial charge is 0.267 e. The number of halogens is 1. The van der Waals surface area contributed by atoms with E-state index in [0.717, 1.165) is 44.4 Å². The van der Waals surface area contributed by atoms with Crippen LogP contribution in [-0.2, 0) is 5.41 Å². The van der Waals surface area contributed by atoms with Crippen molar-refractivity contribution >= 4 is 27.3 Å². The number of hydrogen-bond donors (Lipinski definition) is 0. The zero-order chi connectivity index (χ0) is 18.0. The lowest BCUT2D eigenvalue weighted by atomic mass is 9.64. The number of rotatable bonds is 3. The zero-order valence-electron chi connectivity index (χ0n) is 14.9. The van der Waals surface area contributed by atoms with Crippen molar-refractivity contribution in [1.82, 2.24) is 15.2 Å². The molecule has 3 aliphatic rings. The van der Waals surface area contributed by atoms with Gasteiger partial charge in [-0.3, -0.25) is 0 Å². The Morgan fingerprint density at radius 2 is 1.93 bits per heavy atom. The number of thiazole rings is 1. The van der Waals surface area contributed by atoms with Crippen LogP contribution in [0.1, 0.15) is 44.4 Å². The Hall–Kier alpha value is -1.53. The first-order valence-electron chi connectivity index (χ1n) is 9.75. The molecule has 0 saturated heterocycles. The quantitative estimate of drug-likeness (QED) is 0.493. The third kappa shape index (κ3) is 2.56. The molecule has 4 atom stereocenters. The molecule has 3 saturated carbocycles. The molecule has 4 nitrogen and oxygen atoms in total. The predicted octanol–water partition coefficient (Wildman–Crippen LogP) is 6.09. The normalized spacial score (nSPS) is 31.5. The number of aromatic nitrogens is 3. The maximum Gasteiger partial charge on any atom is 0.267 e. The molecule has 0 N–H and O–H groups in total. The molecule has 2 aromatic heterocycles. The largest absolute Gasteiger partial charge is 0.419 e. The van der Waals surface area contributed by atoms with Gasteiger partial charge in [-0.25, -0.2) is 4.98 Å². The SMILES string of the molecule is Brc1ccc(-c2nc(-c3nnc(C45CCC6CC(CC4C6)C5)o3)cs2)cc1. The van der Waals surface area contributed by atoms with E-state index in [1.807, 2.05) is 17.5 Å². The van der Waals surface area contributed by atoms with Gasteiger partial charge in [0.05, 0.1) is 5.41 Å². The second kappa shape index (κ2) is 5.98. The van der Waals surface area contributed by atoms with Gasteiger partial charge in [-0.05, 0) is 68.4 Å². The summed E-state index contributed by atoms with van der Waals surface area (Å²) < 4.78 is 7.33. The maximum absolute atomic E-state index is 6.26. The minimum atomic E-state index is 0.146. The minimum Gasteiger partial charge on any atom is -0.419 e. The van der Waals surface area contributed by atoms with E-state index >= 15 is 0 Å². The number of nitrogens with zero attached hydrogens (tertiary/aromatic N) is 3. The molecular weight excluding hydrogens is 422 g/mol. The van der Waals surface area contributed by atoms with Crippen molar-refractivity contribution in [3.63, 3.8) is 0 Å². The van der Waals surface area contributed by atoms with Crippen molar-refractivity contribution in [2.45, 2.75) is 43.9 Å². The molecule has 0 spiro atoms. The zero-order valence-corrected chi connectivity index (χ0v) is 17.3.